The molecule has 0 saturated carbocycles. The zero-order valence-corrected chi connectivity index (χ0v) is 14.5. The molecule has 0 aliphatic rings. The lowest BCUT2D eigenvalue weighted by molar-refractivity contribution is -0.450. The number of alkyl halides is 17. The minimum atomic E-state index is -8.35. The Labute approximate surface area is 165 Å². The summed E-state index contributed by atoms with van der Waals surface area (Å²) in [6.45, 7) is 0. The minimum Gasteiger partial charge on any atom is -0.272 e. The van der Waals surface area contributed by atoms with E-state index in [1.807, 2.05) is 0 Å². The summed E-state index contributed by atoms with van der Waals surface area (Å²) in [6, 6.07) is -6.55. The summed E-state index contributed by atoms with van der Waals surface area (Å²) in [5, 5.41) is 0. The zero-order valence-electron chi connectivity index (χ0n) is 14.5. The molecule has 0 amide bonds. The van der Waals surface area contributed by atoms with Crippen molar-refractivity contribution < 1.29 is 74.6 Å². The summed E-state index contributed by atoms with van der Waals surface area (Å²) >= 11 is 0. The molecule has 32 heavy (non-hydrogen) atoms. The van der Waals surface area contributed by atoms with Crippen molar-refractivity contribution in [2.75, 3.05) is 0 Å². The standard InChI is InChI=1S/C13H7F17N2/c14-6(15,1-2-7(16,17)18)8(19,20)9(21,22)10(23,24)11(25,26)12(27,28)13(29,30)32-4-3-31-5-32/h3-5H,1-2H2. The van der Waals surface area contributed by atoms with Crippen LogP contribution in [-0.4, -0.2) is 51.3 Å². The lowest BCUT2D eigenvalue weighted by atomic mass is 9.89. The molecule has 0 atom stereocenters. The van der Waals surface area contributed by atoms with Crippen LogP contribution in [-0.2, 0) is 6.05 Å². The smallest absolute Gasteiger partial charge is 0.272 e. The van der Waals surface area contributed by atoms with Gasteiger partial charge in [-0.15, -0.1) is 0 Å². The number of hydrogen-bond acceptors (Lipinski definition) is 1. The molecule has 0 aliphatic carbocycles. The third kappa shape index (κ3) is 3.94. The van der Waals surface area contributed by atoms with E-state index in [4.69, 9.17) is 0 Å². The highest BCUT2D eigenvalue weighted by atomic mass is 19.4. The van der Waals surface area contributed by atoms with Gasteiger partial charge in [-0.05, 0) is 0 Å². The van der Waals surface area contributed by atoms with Crippen LogP contribution in [0.5, 0.6) is 0 Å². The van der Waals surface area contributed by atoms with Gasteiger partial charge in [-0.3, -0.25) is 4.57 Å². The van der Waals surface area contributed by atoms with Crippen LogP contribution in [0.3, 0.4) is 0 Å². The SMILES string of the molecule is FC(F)(F)CCC(F)(F)C(F)(F)C(F)(F)C(F)(F)C(F)(F)C(F)(F)C(F)(F)n1ccnc1. The molecule has 0 N–H and O–H groups in total. The fraction of sp³-hybridized carbons (Fsp3) is 0.769. The average molecular weight is 514 g/mol. The highest BCUT2D eigenvalue weighted by molar-refractivity contribution is 5.13. The maximum absolute atomic E-state index is 13.6. The fourth-order valence-electron chi connectivity index (χ4n) is 2.05. The average Bonchev–Trinajstić information content (AvgIpc) is 3.13. The lowest BCUT2D eigenvalue weighted by Gasteiger charge is -2.42. The zero-order chi connectivity index (χ0) is 25.8. The predicted octanol–water partition coefficient (Wildman–Crippen LogP) is 6.59. The Morgan fingerprint density at radius 3 is 1.31 bits per heavy atom. The van der Waals surface area contributed by atoms with Crippen molar-refractivity contribution in [2.45, 2.75) is 60.6 Å². The number of hydrogen-bond donors (Lipinski definition) is 0. The normalized spacial score (nSPS) is 15.9. The molecule has 19 heteroatoms. The third-order valence-corrected chi connectivity index (χ3v) is 3.97. The second-order valence-electron chi connectivity index (χ2n) is 6.20. The molecule has 0 aliphatic heterocycles. The summed E-state index contributed by atoms with van der Waals surface area (Å²) in [4.78, 5) is 2.66. The number of halogens is 17. The van der Waals surface area contributed by atoms with Crippen molar-refractivity contribution in [3.63, 3.8) is 0 Å². The van der Waals surface area contributed by atoms with Gasteiger partial charge in [-0.2, -0.15) is 74.6 Å². The third-order valence-electron chi connectivity index (χ3n) is 3.97. The van der Waals surface area contributed by atoms with Gasteiger partial charge in [0.15, 0.2) is 0 Å². The van der Waals surface area contributed by atoms with Gasteiger partial charge in [0.05, 0.1) is 6.33 Å². The Morgan fingerprint density at radius 1 is 0.531 bits per heavy atom. The van der Waals surface area contributed by atoms with Gasteiger partial charge in [0.1, 0.15) is 0 Å². The summed E-state index contributed by atoms with van der Waals surface area (Å²) in [5.74, 6) is -47.1. The van der Waals surface area contributed by atoms with Crippen molar-refractivity contribution in [3.05, 3.63) is 18.7 Å². The van der Waals surface area contributed by atoms with E-state index in [-0.39, 0.29) is 18.7 Å². The first-order valence-electron chi connectivity index (χ1n) is 7.51. The second-order valence-corrected chi connectivity index (χ2v) is 6.20. The highest BCUT2D eigenvalue weighted by Crippen LogP contribution is 2.63. The molecule has 0 bridgehead atoms. The number of imidazole rings is 1. The molecule has 0 spiro atoms. The van der Waals surface area contributed by atoms with Crippen molar-refractivity contribution in [3.8, 4) is 0 Å². The molecule has 0 aromatic carbocycles. The maximum atomic E-state index is 13.6. The van der Waals surface area contributed by atoms with Crippen LogP contribution < -0.4 is 0 Å². The van der Waals surface area contributed by atoms with Gasteiger partial charge < -0.3 is 0 Å². The summed E-state index contributed by atoms with van der Waals surface area (Å²) in [7, 11) is 0. The number of nitrogens with zero attached hydrogens (tertiary/aromatic N) is 2. The van der Waals surface area contributed by atoms with E-state index in [1.165, 1.54) is 0 Å². The molecule has 0 unspecified atom stereocenters. The van der Waals surface area contributed by atoms with Crippen LogP contribution in [0.15, 0.2) is 18.7 Å². The van der Waals surface area contributed by atoms with Gasteiger partial charge in [-0.25, -0.2) is 4.98 Å². The first-order valence-corrected chi connectivity index (χ1v) is 7.51. The lowest BCUT2D eigenvalue weighted by Crippen LogP contribution is -2.73. The molecular formula is C13H7F17N2. The van der Waals surface area contributed by atoms with Crippen molar-refractivity contribution in [2.24, 2.45) is 0 Å². The van der Waals surface area contributed by atoms with E-state index >= 15 is 0 Å². The molecule has 1 rings (SSSR count). The second kappa shape index (κ2) is 7.53. The van der Waals surface area contributed by atoms with Gasteiger partial charge in [0.2, 0.25) is 0 Å². The molecule has 0 radical (unpaired) electrons. The molecule has 1 aromatic heterocycles. The van der Waals surface area contributed by atoms with Gasteiger partial charge in [0.25, 0.3) is 0 Å². The Balaban J connectivity index is 3.52. The van der Waals surface area contributed by atoms with E-state index in [1.54, 1.807) is 0 Å². The first kappa shape index (κ1) is 28.1. The summed E-state index contributed by atoms with van der Waals surface area (Å²) in [6.07, 6.45) is -12.6. The van der Waals surface area contributed by atoms with Crippen LogP contribution in [0.1, 0.15) is 12.8 Å². The van der Waals surface area contributed by atoms with Gasteiger partial charge in [0, 0.05) is 25.2 Å². The predicted molar refractivity (Wildman–Crippen MR) is 67.4 cm³/mol. The molecular weight excluding hydrogens is 507 g/mol. The van der Waals surface area contributed by atoms with Crippen molar-refractivity contribution in [1.82, 2.24) is 9.55 Å². The summed E-state index contributed by atoms with van der Waals surface area (Å²) in [5.41, 5.74) is 0. The van der Waals surface area contributed by atoms with Gasteiger partial charge >= 0.3 is 47.8 Å². The minimum absolute atomic E-state index is 0.199. The van der Waals surface area contributed by atoms with Crippen molar-refractivity contribution >= 4 is 0 Å². The van der Waals surface area contributed by atoms with Crippen LogP contribution >= 0.6 is 0 Å². The molecule has 0 saturated heterocycles. The highest BCUT2D eigenvalue weighted by Gasteiger charge is 2.93. The number of aromatic nitrogens is 2. The van der Waals surface area contributed by atoms with E-state index < -0.39 is 65.2 Å². The maximum Gasteiger partial charge on any atom is 0.399 e. The van der Waals surface area contributed by atoms with E-state index in [2.05, 4.69) is 4.98 Å². The largest absolute Gasteiger partial charge is 0.399 e. The van der Waals surface area contributed by atoms with Crippen LogP contribution in [0, 0.1) is 0 Å². The molecule has 188 valence electrons. The molecule has 1 aromatic rings. The topological polar surface area (TPSA) is 17.8 Å². The van der Waals surface area contributed by atoms with E-state index in [9.17, 15) is 74.6 Å². The first-order chi connectivity index (χ1) is 13.8. The monoisotopic (exact) mass is 514 g/mol. The summed E-state index contributed by atoms with van der Waals surface area (Å²) < 4.78 is 224. The van der Waals surface area contributed by atoms with Gasteiger partial charge in [-0.1, -0.05) is 0 Å². The Bertz CT molecular complexity index is 777. The molecule has 2 nitrogen and oxygen atoms in total. The Kier molecular flexibility index (Phi) is 6.60. The quantitative estimate of drug-likeness (QED) is 0.341. The Morgan fingerprint density at radius 2 is 0.938 bits per heavy atom. The number of rotatable bonds is 9. The van der Waals surface area contributed by atoms with Crippen molar-refractivity contribution in [1.29, 1.82) is 0 Å². The molecule has 1 heterocycles. The van der Waals surface area contributed by atoms with E-state index in [0.29, 0.717) is 0 Å². The van der Waals surface area contributed by atoms with Crippen LogP contribution in [0.4, 0.5) is 74.6 Å². The van der Waals surface area contributed by atoms with E-state index in [0.717, 1.165) is 0 Å². The van der Waals surface area contributed by atoms with Crippen LogP contribution in [0.2, 0.25) is 0 Å². The van der Waals surface area contributed by atoms with Crippen LogP contribution in [0.25, 0.3) is 0 Å². The molecule has 0 fully saturated rings. The Hall–Kier alpha value is -1.98. The fourth-order valence-corrected chi connectivity index (χ4v) is 2.05.